The van der Waals surface area contributed by atoms with Gasteiger partial charge in [-0.15, -0.1) is 5.10 Å². The fourth-order valence-electron chi connectivity index (χ4n) is 2.96. The summed E-state index contributed by atoms with van der Waals surface area (Å²) in [7, 11) is -3.53. The molecule has 2 N–H and O–H groups in total. The van der Waals surface area contributed by atoms with E-state index < -0.39 is 16.1 Å². The Bertz CT molecular complexity index is 1220. The van der Waals surface area contributed by atoms with Gasteiger partial charge in [-0.2, -0.15) is 4.98 Å². The van der Waals surface area contributed by atoms with Crippen LogP contribution in [0.1, 0.15) is 17.2 Å². The van der Waals surface area contributed by atoms with E-state index in [1.54, 1.807) is 35.0 Å². The largest absolute Gasteiger partial charge is 0.324 e. The monoisotopic (exact) mass is 469 g/mol. The molecular weight excluding hydrogens is 457 g/mol. The minimum atomic E-state index is -3.53. The molecule has 0 amide bonds. The molecule has 0 spiro atoms. The van der Waals surface area contributed by atoms with Crippen molar-refractivity contribution in [1.29, 1.82) is 0 Å². The molecule has 1 unspecified atom stereocenters. The number of nitrogens with zero attached hydrogens (tertiary/aromatic N) is 3. The Labute approximate surface area is 182 Å². The summed E-state index contributed by atoms with van der Waals surface area (Å²) in [5.41, 5.74) is 2.36. The molecule has 1 aliphatic rings. The second-order valence-corrected chi connectivity index (χ2v) is 9.43. The molecule has 2 aromatic carbocycles. The molecular formula is C18H14Cl3N5O2S. The third kappa shape index (κ3) is 4.35. The van der Waals surface area contributed by atoms with E-state index in [-0.39, 0.29) is 5.95 Å². The molecule has 1 aliphatic heterocycles. The number of hydrogen-bond acceptors (Lipinski definition) is 5. The summed E-state index contributed by atoms with van der Waals surface area (Å²) < 4.78 is 27.0. The van der Waals surface area contributed by atoms with Gasteiger partial charge in [0.05, 0.1) is 6.26 Å². The van der Waals surface area contributed by atoms with Crippen LogP contribution in [0.25, 0.3) is 5.70 Å². The number of hydrogen-bond donors (Lipinski definition) is 2. The van der Waals surface area contributed by atoms with E-state index in [0.717, 1.165) is 23.1 Å². The number of benzene rings is 2. The average Bonchev–Trinajstić information content (AvgIpc) is 3.02. The fraction of sp³-hybridized carbons (Fsp3) is 0.111. The summed E-state index contributed by atoms with van der Waals surface area (Å²) in [5.74, 6) is 0.315. The minimum absolute atomic E-state index is 0.0455. The molecule has 0 fully saturated rings. The summed E-state index contributed by atoms with van der Waals surface area (Å²) in [4.78, 5) is 4.27. The van der Waals surface area contributed by atoms with Crippen molar-refractivity contribution in [3.63, 3.8) is 0 Å². The highest BCUT2D eigenvalue weighted by Gasteiger charge is 2.27. The molecule has 7 nitrogen and oxygen atoms in total. The molecule has 1 atom stereocenters. The number of rotatable bonds is 4. The van der Waals surface area contributed by atoms with Gasteiger partial charge in [-0.1, -0.05) is 53.0 Å². The summed E-state index contributed by atoms with van der Waals surface area (Å²) in [6.07, 6.45) is 2.95. The van der Waals surface area contributed by atoms with Crippen molar-refractivity contribution in [2.75, 3.05) is 16.3 Å². The molecule has 0 saturated heterocycles. The molecule has 0 saturated carbocycles. The lowest BCUT2D eigenvalue weighted by Crippen LogP contribution is -2.20. The van der Waals surface area contributed by atoms with E-state index in [0.29, 0.717) is 21.0 Å². The average molecular weight is 471 g/mol. The van der Waals surface area contributed by atoms with Gasteiger partial charge in [-0.3, -0.25) is 4.72 Å². The topological polar surface area (TPSA) is 88.9 Å². The molecule has 0 aliphatic carbocycles. The van der Waals surface area contributed by atoms with Gasteiger partial charge in [0.1, 0.15) is 6.04 Å². The van der Waals surface area contributed by atoms with Gasteiger partial charge >= 0.3 is 0 Å². The number of sulfonamides is 1. The van der Waals surface area contributed by atoms with Crippen molar-refractivity contribution >= 4 is 62.4 Å². The fourth-order valence-corrected chi connectivity index (χ4v) is 4.03. The molecule has 150 valence electrons. The van der Waals surface area contributed by atoms with Crippen LogP contribution in [0.15, 0.2) is 48.5 Å². The highest BCUT2D eigenvalue weighted by atomic mass is 35.5. The van der Waals surface area contributed by atoms with Crippen LogP contribution in [-0.4, -0.2) is 29.4 Å². The lowest BCUT2D eigenvalue weighted by Gasteiger charge is -2.25. The summed E-state index contributed by atoms with van der Waals surface area (Å²) in [6.45, 7) is 0. The van der Waals surface area contributed by atoms with Gasteiger partial charge in [-0.25, -0.2) is 13.1 Å². The zero-order valence-corrected chi connectivity index (χ0v) is 18.0. The Morgan fingerprint density at radius 1 is 1.07 bits per heavy atom. The highest BCUT2D eigenvalue weighted by Crippen LogP contribution is 2.37. The third-order valence-corrected chi connectivity index (χ3v) is 5.55. The minimum Gasteiger partial charge on any atom is -0.324 e. The molecule has 4 rings (SSSR count). The Morgan fingerprint density at radius 3 is 2.41 bits per heavy atom. The first-order chi connectivity index (χ1) is 13.7. The number of halogens is 3. The van der Waals surface area contributed by atoms with E-state index in [2.05, 4.69) is 20.1 Å². The van der Waals surface area contributed by atoms with E-state index in [9.17, 15) is 8.42 Å². The second kappa shape index (κ2) is 7.53. The number of nitrogens with one attached hydrogen (secondary N) is 2. The van der Waals surface area contributed by atoms with Crippen LogP contribution in [0.3, 0.4) is 0 Å². The van der Waals surface area contributed by atoms with Crippen molar-refractivity contribution in [3.8, 4) is 0 Å². The van der Waals surface area contributed by atoms with Crippen molar-refractivity contribution in [2.45, 2.75) is 6.04 Å². The molecule has 0 bridgehead atoms. The molecule has 1 aromatic heterocycles. The van der Waals surface area contributed by atoms with Crippen LogP contribution in [-0.2, 0) is 10.0 Å². The zero-order valence-electron chi connectivity index (χ0n) is 14.9. The van der Waals surface area contributed by atoms with Gasteiger partial charge < -0.3 is 5.32 Å². The van der Waals surface area contributed by atoms with Crippen molar-refractivity contribution in [2.24, 2.45) is 0 Å². The normalized spacial score (nSPS) is 16.0. The van der Waals surface area contributed by atoms with E-state index >= 15 is 0 Å². The molecule has 11 heteroatoms. The van der Waals surface area contributed by atoms with Crippen molar-refractivity contribution < 1.29 is 8.42 Å². The Morgan fingerprint density at radius 2 is 1.76 bits per heavy atom. The summed E-state index contributed by atoms with van der Waals surface area (Å²) >= 11 is 18.5. The maximum Gasteiger partial charge on any atom is 0.257 e. The number of allylic oxidation sites excluding steroid dienone is 1. The van der Waals surface area contributed by atoms with Gasteiger partial charge in [0, 0.05) is 20.8 Å². The van der Waals surface area contributed by atoms with E-state index in [1.807, 2.05) is 18.2 Å². The smallest absolute Gasteiger partial charge is 0.257 e. The highest BCUT2D eigenvalue weighted by molar-refractivity contribution is 7.91. The molecule has 3 aromatic rings. The first-order valence-electron chi connectivity index (χ1n) is 8.34. The van der Waals surface area contributed by atoms with Crippen LogP contribution in [0.4, 0.5) is 11.9 Å². The lowest BCUT2D eigenvalue weighted by atomic mass is 10.0. The van der Waals surface area contributed by atoms with Crippen LogP contribution in [0, 0.1) is 0 Å². The van der Waals surface area contributed by atoms with Gasteiger partial charge in [0.15, 0.2) is 0 Å². The van der Waals surface area contributed by atoms with Gasteiger partial charge in [0.25, 0.3) is 5.95 Å². The summed E-state index contributed by atoms with van der Waals surface area (Å²) in [6, 6.07) is 12.0. The zero-order chi connectivity index (χ0) is 20.8. The van der Waals surface area contributed by atoms with Crippen LogP contribution in [0.5, 0.6) is 0 Å². The van der Waals surface area contributed by atoms with E-state index in [4.69, 9.17) is 34.8 Å². The molecule has 0 radical (unpaired) electrons. The predicted molar refractivity (Wildman–Crippen MR) is 116 cm³/mol. The van der Waals surface area contributed by atoms with Crippen molar-refractivity contribution in [1.82, 2.24) is 14.8 Å². The SMILES string of the molecule is CS(=O)(=O)Nc1nc2n(n1)C(c1ccc(Cl)cc1Cl)C=C(c1ccc(Cl)cc1)N2. The van der Waals surface area contributed by atoms with Crippen LogP contribution < -0.4 is 10.0 Å². The third-order valence-electron chi connectivity index (χ3n) is 4.18. The maximum atomic E-state index is 11.6. The standard InChI is InChI=1S/C18H14Cl3N5O2S/c1-29(27,28)25-17-23-18-22-15(10-2-4-11(19)5-3-10)9-16(26(18)24-17)13-7-6-12(20)8-14(13)21/h2-9,16H,1H3,(H2,22,23,24,25). The molecule has 2 heterocycles. The van der Waals surface area contributed by atoms with Crippen LogP contribution >= 0.6 is 34.8 Å². The Kier molecular flexibility index (Phi) is 5.20. The Balaban J connectivity index is 1.84. The first-order valence-corrected chi connectivity index (χ1v) is 11.4. The summed E-state index contributed by atoms with van der Waals surface area (Å²) in [5, 5.41) is 9.05. The van der Waals surface area contributed by atoms with Gasteiger partial charge in [-0.05, 0) is 41.5 Å². The van der Waals surface area contributed by atoms with Crippen molar-refractivity contribution in [3.05, 3.63) is 74.7 Å². The first kappa shape index (κ1) is 20.0. The van der Waals surface area contributed by atoms with Gasteiger partial charge in [0.2, 0.25) is 16.0 Å². The number of fused-ring (bicyclic) bond motifs is 1. The second-order valence-electron chi connectivity index (χ2n) is 6.40. The lowest BCUT2D eigenvalue weighted by molar-refractivity contribution is 0.603. The number of anilines is 2. The molecule has 29 heavy (non-hydrogen) atoms. The maximum absolute atomic E-state index is 11.6. The number of aromatic nitrogens is 3. The quantitative estimate of drug-likeness (QED) is 0.578. The van der Waals surface area contributed by atoms with Crippen LogP contribution in [0.2, 0.25) is 15.1 Å². The Hall–Kier alpha value is -2.26. The predicted octanol–water partition coefficient (Wildman–Crippen LogP) is 4.67. The van der Waals surface area contributed by atoms with E-state index in [1.165, 1.54) is 0 Å².